The molecule has 1 aliphatic rings. The van der Waals surface area contributed by atoms with Gasteiger partial charge in [-0.15, -0.1) is 0 Å². The molecule has 2 heterocycles. The van der Waals surface area contributed by atoms with Crippen LogP contribution in [0, 0.1) is 94.9 Å². The van der Waals surface area contributed by atoms with Gasteiger partial charge in [-0.2, -0.15) is 0 Å². The van der Waals surface area contributed by atoms with Crippen LogP contribution in [0.4, 0.5) is 0 Å². The van der Waals surface area contributed by atoms with Gasteiger partial charge in [0.05, 0.1) is 0 Å². The summed E-state index contributed by atoms with van der Waals surface area (Å²) in [5.74, 6) is 2.04. The Morgan fingerprint density at radius 1 is 0.300 bits per heavy atom. The van der Waals surface area contributed by atoms with E-state index >= 15 is 0 Å². The molecule has 2 nitrogen and oxygen atoms in total. The van der Waals surface area contributed by atoms with Gasteiger partial charge < -0.3 is 0 Å². The number of fused-ring (bicyclic) bond motifs is 3. The van der Waals surface area contributed by atoms with E-state index in [9.17, 15) is 0 Å². The van der Waals surface area contributed by atoms with Gasteiger partial charge in [0, 0.05) is 23.8 Å². The first-order valence-corrected chi connectivity index (χ1v) is 25.7. The van der Waals surface area contributed by atoms with Crippen molar-refractivity contribution in [2.45, 2.75) is 136 Å². The quantitative estimate of drug-likeness (QED) is 0.151. The normalized spacial score (nSPS) is 13.2. The van der Waals surface area contributed by atoms with Crippen molar-refractivity contribution in [3.8, 4) is 0 Å². The van der Waals surface area contributed by atoms with E-state index in [2.05, 4.69) is 225 Å². The summed E-state index contributed by atoms with van der Waals surface area (Å²) in [5.41, 5.74) is 15.3. The van der Waals surface area contributed by atoms with Crippen molar-refractivity contribution in [1.29, 1.82) is 0 Å². The summed E-state index contributed by atoms with van der Waals surface area (Å²) in [6.45, 7) is 33.8. The van der Waals surface area contributed by atoms with E-state index in [-0.39, 0.29) is 0 Å². The Balaban J connectivity index is 0.000000217. The Bertz CT molecular complexity index is 2530. The summed E-state index contributed by atoms with van der Waals surface area (Å²) in [6.07, 6.45) is 9.63. The fourth-order valence-corrected chi connectivity index (χ4v) is 7.86. The molecule has 70 heavy (non-hydrogen) atoms. The van der Waals surface area contributed by atoms with E-state index < -0.39 is 0 Å². The molecular weight excluding hydrogens is 845 g/mol. The van der Waals surface area contributed by atoms with Gasteiger partial charge in [0.15, 0.2) is 0 Å². The van der Waals surface area contributed by atoms with E-state index in [0.29, 0.717) is 0 Å². The van der Waals surface area contributed by atoms with E-state index in [1.807, 2.05) is 66.1 Å². The molecule has 0 aliphatic heterocycles. The van der Waals surface area contributed by atoms with Crippen LogP contribution < -0.4 is 0 Å². The van der Waals surface area contributed by atoms with Gasteiger partial charge in [-0.1, -0.05) is 221 Å². The standard InChI is InChI=1S/3C12H12.C8H16.C8H10.2C7H9N.C2H6/c1-9-3-5-12-8-10(2)4-6-11(12)7-9;1-9-5-3-8-12-10(2)6-4-7-11(9)12;1-9-7-8-10(2)12-6-4-3-5-11(9)12;2*1-7-3-5-8(2)6-4-7;2*1-6-3-4-7(2)8-5-6;1-2/h3*3-8H,1-2H3;7-8H,3-6H2,1-2H3;3-6H,1-2H3;2*3-5H,1-2H3;1-2H3. The van der Waals surface area contributed by atoms with E-state index in [0.717, 1.165) is 23.2 Å². The lowest BCUT2D eigenvalue weighted by Gasteiger charge is -2.22. The maximum Gasteiger partial charge on any atom is 0.0372 e. The van der Waals surface area contributed by atoms with E-state index in [1.54, 1.807) is 0 Å². The van der Waals surface area contributed by atoms with E-state index in [1.165, 1.54) is 114 Å². The van der Waals surface area contributed by atoms with Gasteiger partial charge in [0.2, 0.25) is 0 Å². The molecule has 7 aromatic carbocycles. The second-order valence-corrected chi connectivity index (χ2v) is 19.3. The molecule has 1 saturated carbocycles. The van der Waals surface area contributed by atoms with Gasteiger partial charge in [-0.05, 0) is 173 Å². The minimum absolute atomic E-state index is 1.02. The topological polar surface area (TPSA) is 25.8 Å². The van der Waals surface area contributed by atoms with Gasteiger partial charge in [0.1, 0.15) is 0 Å². The van der Waals surface area contributed by atoms with Crippen molar-refractivity contribution in [2.24, 2.45) is 11.8 Å². The minimum Gasteiger partial charge on any atom is -0.261 e. The zero-order valence-electron chi connectivity index (χ0n) is 46.0. The Morgan fingerprint density at radius 2 is 0.586 bits per heavy atom. The maximum absolute atomic E-state index is 4.08. The molecule has 0 N–H and O–H groups in total. The molecule has 0 amide bonds. The zero-order valence-corrected chi connectivity index (χ0v) is 46.0. The van der Waals surface area contributed by atoms with Gasteiger partial charge >= 0.3 is 0 Å². The summed E-state index contributed by atoms with van der Waals surface area (Å²) in [7, 11) is 0. The fraction of sp³-hybridized carbons (Fsp3) is 0.324. The van der Waals surface area contributed by atoms with Crippen LogP contribution in [0.3, 0.4) is 0 Å². The highest BCUT2D eigenvalue weighted by atomic mass is 14.7. The van der Waals surface area contributed by atoms with Crippen molar-refractivity contribution in [3.63, 3.8) is 0 Å². The third-order valence-corrected chi connectivity index (χ3v) is 12.5. The first kappa shape index (κ1) is 57.9. The Labute approximate surface area is 425 Å². The second kappa shape index (κ2) is 31.0. The highest BCUT2D eigenvalue weighted by Crippen LogP contribution is 2.27. The third-order valence-electron chi connectivity index (χ3n) is 12.5. The summed E-state index contributed by atoms with van der Waals surface area (Å²) < 4.78 is 0. The Hall–Kier alpha value is -6.38. The Morgan fingerprint density at radius 3 is 0.886 bits per heavy atom. The zero-order chi connectivity index (χ0) is 51.6. The van der Waals surface area contributed by atoms with Crippen LogP contribution in [0.2, 0.25) is 0 Å². The van der Waals surface area contributed by atoms with Gasteiger partial charge in [0.25, 0.3) is 0 Å². The van der Waals surface area contributed by atoms with E-state index in [4.69, 9.17) is 0 Å². The number of hydrogen-bond acceptors (Lipinski definition) is 2. The predicted molar refractivity (Wildman–Crippen MR) is 312 cm³/mol. The van der Waals surface area contributed by atoms with Crippen molar-refractivity contribution in [2.75, 3.05) is 0 Å². The maximum atomic E-state index is 4.08. The molecular formula is C68H86N2. The highest BCUT2D eigenvalue weighted by molar-refractivity contribution is 5.89. The fourth-order valence-electron chi connectivity index (χ4n) is 7.86. The molecule has 2 aromatic heterocycles. The largest absolute Gasteiger partial charge is 0.261 e. The van der Waals surface area contributed by atoms with Crippen LogP contribution in [-0.2, 0) is 0 Å². The minimum atomic E-state index is 1.02. The first-order chi connectivity index (χ1) is 33.5. The number of rotatable bonds is 0. The number of pyridine rings is 2. The molecule has 0 unspecified atom stereocenters. The number of aromatic nitrogens is 2. The molecule has 10 rings (SSSR count). The number of aryl methyl sites for hydroxylation is 12. The number of benzene rings is 7. The summed E-state index contributed by atoms with van der Waals surface area (Å²) >= 11 is 0. The van der Waals surface area contributed by atoms with Crippen molar-refractivity contribution >= 4 is 32.3 Å². The van der Waals surface area contributed by atoms with Gasteiger partial charge in [-0.25, -0.2) is 0 Å². The lowest BCUT2D eigenvalue weighted by molar-refractivity contribution is 0.308. The third kappa shape index (κ3) is 21.1. The molecule has 0 saturated heterocycles. The lowest BCUT2D eigenvalue weighted by Crippen LogP contribution is -2.08. The van der Waals surface area contributed by atoms with Crippen LogP contribution in [0.5, 0.6) is 0 Å². The SMILES string of the molecule is CC.CC1CCC(C)CC1.Cc1ccc(C)c2ccccc12.Cc1ccc(C)cc1.Cc1ccc(C)nc1.Cc1ccc(C)nc1.Cc1ccc2cc(C)ccc2c1.Cc1cccc2c(C)cccc12. The van der Waals surface area contributed by atoms with Crippen LogP contribution >= 0.6 is 0 Å². The summed E-state index contributed by atoms with van der Waals surface area (Å²) in [5, 5.41) is 8.16. The molecule has 2 heteroatoms. The number of hydrogen-bond donors (Lipinski definition) is 0. The average Bonchev–Trinajstić information content (AvgIpc) is 3.36. The average molecular weight is 931 g/mol. The van der Waals surface area contributed by atoms with Crippen molar-refractivity contribution < 1.29 is 0 Å². The molecule has 9 aromatic rings. The molecule has 0 atom stereocenters. The Kier molecular flexibility index (Phi) is 25.6. The number of nitrogens with zero attached hydrogens (tertiary/aromatic N) is 2. The highest BCUT2D eigenvalue weighted by Gasteiger charge is 2.13. The second-order valence-electron chi connectivity index (χ2n) is 19.3. The molecule has 368 valence electrons. The summed E-state index contributed by atoms with van der Waals surface area (Å²) in [6, 6.07) is 55.5. The molecule has 0 radical (unpaired) electrons. The van der Waals surface area contributed by atoms with Crippen molar-refractivity contribution in [1.82, 2.24) is 9.97 Å². The molecule has 1 fully saturated rings. The van der Waals surface area contributed by atoms with Gasteiger partial charge in [-0.3, -0.25) is 9.97 Å². The smallest absolute Gasteiger partial charge is 0.0372 e. The van der Waals surface area contributed by atoms with Crippen LogP contribution in [0.1, 0.15) is 120 Å². The first-order valence-electron chi connectivity index (χ1n) is 25.7. The summed E-state index contributed by atoms with van der Waals surface area (Å²) in [4.78, 5) is 8.16. The van der Waals surface area contributed by atoms with Crippen LogP contribution in [0.25, 0.3) is 32.3 Å². The van der Waals surface area contributed by atoms with Crippen molar-refractivity contribution in [3.05, 3.63) is 237 Å². The monoisotopic (exact) mass is 931 g/mol. The predicted octanol–water partition coefficient (Wildman–Crippen LogP) is 19.9. The van der Waals surface area contributed by atoms with Crippen LogP contribution in [0.15, 0.2) is 170 Å². The molecule has 0 bridgehead atoms. The lowest BCUT2D eigenvalue weighted by atomic mass is 9.84. The molecule has 0 spiro atoms. The molecule has 1 aliphatic carbocycles. The van der Waals surface area contributed by atoms with Crippen LogP contribution in [-0.4, -0.2) is 9.97 Å².